The number of aromatic nitrogens is 3. The Kier molecular flexibility index (Phi) is 5.31. The van der Waals surface area contributed by atoms with Crippen molar-refractivity contribution in [1.82, 2.24) is 25.6 Å². The molecule has 1 aliphatic heterocycles. The van der Waals surface area contributed by atoms with Gasteiger partial charge >= 0.3 is 6.03 Å². The first kappa shape index (κ1) is 20.0. The van der Waals surface area contributed by atoms with Gasteiger partial charge in [-0.2, -0.15) is 0 Å². The van der Waals surface area contributed by atoms with E-state index >= 15 is 0 Å². The van der Waals surface area contributed by atoms with Gasteiger partial charge in [-0.1, -0.05) is 47.7 Å². The van der Waals surface area contributed by atoms with Crippen molar-refractivity contribution in [3.63, 3.8) is 0 Å². The van der Waals surface area contributed by atoms with Crippen molar-refractivity contribution in [2.24, 2.45) is 0 Å². The van der Waals surface area contributed by atoms with Crippen LogP contribution in [0.4, 0.5) is 10.5 Å². The standard InChI is InChI=1S/C22H20N6O3/c1-22(20(30)24-21(31)25-22)16-8-5-9-17(12-16)23-19(29)11-10-18-14-28(27-26-18)13-15-6-3-2-4-7-15/h2-12,14H,13H2,1H3,(H,23,29)(H2,24,25,30,31)/b11-10+. The summed E-state index contributed by atoms with van der Waals surface area (Å²) in [5, 5.41) is 15.7. The maximum absolute atomic E-state index is 12.3. The minimum absolute atomic E-state index is 0.361. The van der Waals surface area contributed by atoms with Crippen molar-refractivity contribution >= 4 is 29.6 Å². The zero-order valence-electron chi connectivity index (χ0n) is 16.7. The van der Waals surface area contributed by atoms with Crippen LogP contribution in [0, 0.1) is 0 Å². The number of amides is 4. The predicted molar refractivity (Wildman–Crippen MR) is 114 cm³/mol. The number of rotatable bonds is 6. The Morgan fingerprint density at radius 2 is 1.97 bits per heavy atom. The minimum Gasteiger partial charge on any atom is -0.323 e. The molecule has 2 heterocycles. The van der Waals surface area contributed by atoms with Gasteiger partial charge in [-0.15, -0.1) is 5.10 Å². The summed E-state index contributed by atoms with van der Waals surface area (Å²) < 4.78 is 1.69. The summed E-state index contributed by atoms with van der Waals surface area (Å²) in [5.74, 6) is -0.806. The van der Waals surface area contributed by atoms with Crippen molar-refractivity contribution in [2.45, 2.75) is 19.0 Å². The first-order chi connectivity index (χ1) is 14.9. The van der Waals surface area contributed by atoms with Gasteiger partial charge in [0.1, 0.15) is 11.2 Å². The molecule has 1 aromatic heterocycles. The highest BCUT2D eigenvalue weighted by Crippen LogP contribution is 2.26. The number of urea groups is 1. The lowest BCUT2D eigenvalue weighted by Crippen LogP contribution is -2.40. The number of carbonyl (C=O) groups excluding carboxylic acids is 3. The summed E-state index contributed by atoms with van der Waals surface area (Å²) >= 11 is 0. The van der Waals surface area contributed by atoms with Gasteiger partial charge in [-0.25, -0.2) is 9.48 Å². The first-order valence-corrected chi connectivity index (χ1v) is 9.60. The highest BCUT2D eigenvalue weighted by Gasteiger charge is 2.43. The molecular formula is C22H20N6O3. The molecule has 0 radical (unpaired) electrons. The summed E-state index contributed by atoms with van der Waals surface area (Å²) in [6, 6.07) is 16.1. The molecule has 4 amide bonds. The van der Waals surface area contributed by atoms with E-state index in [0.717, 1.165) is 5.56 Å². The number of benzene rings is 2. The van der Waals surface area contributed by atoms with E-state index in [0.29, 0.717) is 23.5 Å². The molecule has 1 aliphatic rings. The second kappa shape index (κ2) is 8.23. The van der Waals surface area contributed by atoms with Crippen LogP contribution >= 0.6 is 0 Å². The van der Waals surface area contributed by atoms with Crippen molar-refractivity contribution in [2.75, 3.05) is 5.32 Å². The van der Waals surface area contributed by atoms with E-state index in [1.165, 1.54) is 6.08 Å². The van der Waals surface area contributed by atoms with Crippen LogP contribution in [0.15, 0.2) is 66.9 Å². The van der Waals surface area contributed by atoms with E-state index in [9.17, 15) is 14.4 Å². The Bertz CT molecular complexity index is 1170. The second-order valence-electron chi connectivity index (χ2n) is 7.26. The molecule has 1 unspecified atom stereocenters. The molecule has 1 saturated heterocycles. The molecule has 0 saturated carbocycles. The van der Waals surface area contributed by atoms with E-state index in [-0.39, 0.29) is 5.91 Å². The second-order valence-corrected chi connectivity index (χ2v) is 7.26. The van der Waals surface area contributed by atoms with Gasteiger partial charge < -0.3 is 10.6 Å². The molecule has 3 aromatic rings. The molecule has 4 rings (SSSR count). The molecule has 1 atom stereocenters. The molecule has 9 nitrogen and oxygen atoms in total. The summed E-state index contributed by atoms with van der Waals surface area (Å²) in [4.78, 5) is 35.9. The normalized spacial score (nSPS) is 18.1. The summed E-state index contributed by atoms with van der Waals surface area (Å²) in [6.45, 7) is 2.19. The molecule has 9 heteroatoms. The molecule has 31 heavy (non-hydrogen) atoms. The van der Waals surface area contributed by atoms with Crippen LogP contribution < -0.4 is 16.0 Å². The lowest BCUT2D eigenvalue weighted by Gasteiger charge is -2.21. The average Bonchev–Trinajstić information content (AvgIpc) is 3.31. The number of nitrogens with zero attached hydrogens (tertiary/aromatic N) is 3. The minimum atomic E-state index is -1.19. The van der Waals surface area contributed by atoms with Crippen LogP contribution in [0.5, 0.6) is 0 Å². The lowest BCUT2D eigenvalue weighted by atomic mass is 9.92. The number of nitrogens with one attached hydrogen (secondary N) is 3. The van der Waals surface area contributed by atoms with Crippen LogP contribution in [0.25, 0.3) is 6.08 Å². The molecule has 0 aliphatic carbocycles. The number of anilines is 1. The fraction of sp³-hybridized carbons (Fsp3) is 0.136. The van der Waals surface area contributed by atoms with Gasteiger partial charge in [0, 0.05) is 11.8 Å². The van der Waals surface area contributed by atoms with Gasteiger partial charge in [0.15, 0.2) is 0 Å². The number of hydrogen-bond donors (Lipinski definition) is 3. The maximum atomic E-state index is 12.3. The van der Waals surface area contributed by atoms with Crippen LogP contribution in [0.1, 0.15) is 23.7 Å². The molecule has 3 N–H and O–H groups in total. The van der Waals surface area contributed by atoms with Crippen molar-refractivity contribution in [3.8, 4) is 0 Å². The van der Waals surface area contributed by atoms with Crippen LogP contribution in [0.2, 0.25) is 0 Å². The largest absolute Gasteiger partial charge is 0.323 e. The zero-order valence-corrected chi connectivity index (χ0v) is 16.7. The fourth-order valence-electron chi connectivity index (χ4n) is 3.24. The lowest BCUT2D eigenvalue weighted by molar-refractivity contribution is -0.123. The van der Waals surface area contributed by atoms with E-state index < -0.39 is 17.5 Å². The van der Waals surface area contributed by atoms with Crippen LogP contribution in [0.3, 0.4) is 0 Å². The molecular weight excluding hydrogens is 396 g/mol. The Morgan fingerprint density at radius 3 is 2.71 bits per heavy atom. The highest BCUT2D eigenvalue weighted by atomic mass is 16.2. The fourth-order valence-corrected chi connectivity index (χ4v) is 3.24. The van der Waals surface area contributed by atoms with E-state index in [1.807, 2.05) is 30.3 Å². The topological polar surface area (TPSA) is 118 Å². The monoisotopic (exact) mass is 416 g/mol. The zero-order chi connectivity index (χ0) is 21.8. The first-order valence-electron chi connectivity index (χ1n) is 9.60. The average molecular weight is 416 g/mol. The number of imide groups is 1. The molecule has 1 fully saturated rings. The van der Waals surface area contributed by atoms with Gasteiger partial charge in [-0.3, -0.25) is 14.9 Å². The molecule has 2 aromatic carbocycles. The third kappa shape index (κ3) is 4.50. The SMILES string of the molecule is CC1(c2cccc(NC(=O)/C=C/c3cn(Cc4ccccc4)nn3)c2)NC(=O)NC1=O. The van der Waals surface area contributed by atoms with Crippen LogP contribution in [-0.4, -0.2) is 32.8 Å². The molecule has 156 valence electrons. The Morgan fingerprint density at radius 1 is 1.16 bits per heavy atom. The molecule has 0 bridgehead atoms. The van der Waals surface area contributed by atoms with Gasteiger partial charge in [0.05, 0.1) is 12.7 Å². The van der Waals surface area contributed by atoms with Crippen molar-refractivity contribution < 1.29 is 14.4 Å². The van der Waals surface area contributed by atoms with Crippen molar-refractivity contribution in [1.29, 1.82) is 0 Å². The summed E-state index contributed by atoms with van der Waals surface area (Å²) in [7, 11) is 0. The third-order valence-electron chi connectivity index (χ3n) is 4.90. The number of carbonyl (C=O) groups is 3. The summed E-state index contributed by atoms with van der Waals surface area (Å²) in [5.41, 5.74) is 1.51. The smallest absolute Gasteiger partial charge is 0.322 e. The Hall–Kier alpha value is -4.27. The van der Waals surface area contributed by atoms with E-state index in [2.05, 4.69) is 26.3 Å². The quantitative estimate of drug-likeness (QED) is 0.420. The maximum Gasteiger partial charge on any atom is 0.322 e. The number of hydrogen-bond acceptors (Lipinski definition) is 5. The van der Waals surface area contributed by atoms with Gasteiger partial charge in [0.2, 0.25) is 5.91 Å². The van der Waals surface area contributed by atoms with Crippen molar-refractivity contribution in [3.05, 3.63) is 83.7 Å². The Labute approximate surface area is 178 Å². The Balaban J connectivity index is 1.40. The van der Waals surface area contributed by atoms with E-state index in [1.54, 1.807) is 48.1 Å². The summed E-state index contributed by atoms with van der Waals surface area (Å²) in [6.07, 6.45) is 4.68. The predicted octanol–water partition coefficient (Wildman–Crippen LogP) is 2.03. The van der Waals surface area contributed by atoms with Gasteiger partial charge in [0.25, 0.3) is 5.91 Å². The highest BCUT2D eigenvalue weighted by molar-refractivity contribution is 6.07. The van der Waals surface area contributed by atoms with Gasteiger partial charge in [-0.05, 0) is 36.3 Å². The molecule has 0 spiro atoms. The van der Waals surface area contributed by atoms with E-state index in [4.69, 9.17) is 0 Å². The van der Waals surface area contributed by atoms with Crippen LogP contribution in [-0.2, 0) is 21.7 Å². The third-order valence-corrected chi connectivity index (χ3v) is 4.90.